The van der Waals surface area contributed by atoms with Gasteiger partial charge in [-0.2, -0.15) is 5.26 Å². The summed E-state index contributed by atoms with van der Waals surface area (Å²) in [6.07, 6.45) is 3.20. The Morgan fingerprint density at radius 1 is 1.47 bits per heavy atom. The second-order valence-corrected chi connectivity index (χ2v) is 4.15. The van der Waals surface area contributed by atoms with E-state index >= 15 is 0 Å². The van der Waals surface area contributed by atoms with Gasteiger partial charge < -0.3 is 10.1 Å². The summed E-state index contributed by atoms with van der Waals surface area (Å²) in [5.41, 5.74) is 1.12. The molecule has 17 heavy (non-hydrogen) atoms. The average Bonchev–Trinajstić information content (AvgIpc) is 2.28. The van der Waals surface area contributed by atoms with Crippen molar-refractivity contribution in [2.24, 2.45) is 0 Å². The summed E-state index contributed by atoms with van der Waals surface area (Å²) in [5, 5.41) is 11.3. The highest BCUT2D eigenvalue weighted by Crippen LogP contribution is 2.05. The molecule has 1 aromatic heterocycles. The first kappa shape index (κ1) is 14.9. The van der Waals surface area contributed by atoms with Gasteiger partial charge in [-0.25, -0.2) is 0 Å². The molecule has 0 bridgehead atoms. The van der Waals surface area contributed by atoms with Crippen LogP contribution >= 0.6 is 0 Å². The monoisotopic (exact) mass is 235 g/mol. The van der Waals surface area contributed by atoms with Crippen LogP contribution in [-0.4, -0.2) is 24.1 Å². The molecule has 5 heteroatoms. The Balaban J connectivity index is 0.000000325. The van der Waals surface area contributed by atoms with E-state index in [1.165, 1.54) is 6.20 Å². The van der Waals surface area contributed by atoms with Crippen molar-refractivity contribution in [1.82, 2.24) is 4.98 Å². The highest BCUT2D eigenvalue weighted by molar-refractivity contribution is 5.45. The van der Waals surface area contributed by atoms with Crippen LogP contribution in [0.5, 0.6) is 0 Å². The van der Waals surface area contributed by atoms with Gasteiger partial charge in [0.05, 0.1) is 17.4 Å². The van der Waals surface area contributed by atoms with Crippen molar-refractivity contribution in [1.29, 1.82) is 5.26 Å². The van der Waals surface area contributed by atoms with E-state index in [1.807, 2.05) is 26.8 Å². The van der Waals surface area contributed by atoms with Crippen LogP contribution in [-0.2, 0) is 9.53 Å². The quantitative estimate of drug-likeness (QED) is 0.793. The van der Waals surface area contributed by atoms with Crippen molar-refractivity contribution < 1.29 is 9.53 Å². The summed E-state index contributed by atoms with van der Waals surface area (Å²) < 4.78 is 4.55. The van der Waals surface area contributed by atoms with Gasteiger partial charge in [0.25, 0.3) is 6.47 Å². The minimum absolute atomic E-state index is 0.318. The molecule has 0 amide bonds. The van der Waals surface area contributed by atoms with Gasteiger partial charge in [-0.05, 0) is 26.8 Å². The second kappa shape index (κ2) is 7.23. The van der Waals surface area contributed by atoms with Crippen LogP contribution in [0.2, 0.25) is 0 Å². The number of rotatable bonds is 2. The molecule has 1 N–H and O–H groups in total. The van der Waals surface area contributed by atoms with Crippen LogP contribution in [0, 0.1) is 11.3 Å². The van der Waals surface area contributed by atoms with Crippen molar-refractivity contribution in [3.8, 4) is 6.07 Å². The number of carbonyl (C=O) groups excluding carboxylic acids is 1. The molecule has 5 nitrogen and oxygen atoms in total. The van der Waals surface area contributed by atoms with Gasteiger partial charge in [0.2, 0.25) is 0 Å². The number of aromatic nitrogens is 1. The first-order valence-electron chi connectivity index (χ1n) is 5.07. The molecule has 0 atom stereocenters. The van der Waals surface area contributed by atoms with Gasteiger partial charge in [-0.1, -0.05) is 0 Å². The van der Waals surface area contributed by atoms with Crippen LogP contribution in [0.15, 0.2) is 18.5 Å². The number of pyridine rings is 1. The Labute approximate surface area is 101 Å². The molecule has 1 rings (SSSR count). The van der Waals surface area contributed by atoms with Gasteiger partial charge >= 0.3 is 0 Å². The number of ether oxygens (including phenoxy) is 1. The van der Waals surface area contributed by atoms with Crippen LogP contribution in [0.1, 0.15) is 26.3 Å². The second-order valence-electron chi connectivity index (χ2n) is 4.15. The molecular weight excluding hydrogens is 218 g/mol. The number of nitrogens with one attached hydrogen (secondary N) is 1. The molecule has 0 saturated carbocycles. The summed E-state index contributed by atoms with van der Waals surface area (Å²) in [6, 6.07) is 3.74. The molecule has 0 aliphatic rings. The van der Waals surface area contributed by atoms with Gasteiger partial charge in [-0.15, -0.1) is 0 Å². The fraction of sp³-hybridized carbons (Fsp3) is 0.417. The number of carbonyl (C=O) groups is 1. The van der Waals surface area contributed by atoms with Crippen LogP contribution in [0.4, 0.5) is 5.69 Å². The predicted octanol–water partition coefficient (Wildman–Crippen LogP) is 1.95. The Hall–Kier alpha value is -2.09. The van der Waals surface area contributed by atoms with E-state index in [0.29, 0.717) is 12.0 Å². The summed E-state index contributed by atoms with van der Waals surface area (Å²) in [7, 11) is 1.79. The smallest absolute Gasteiger partial charge is 0.293 e. The van der Waals surface area contributed by atoms with Crippen LogP contribution in [0.3, 0.4) is 0 Å². The third-order valence-electron chi connectivity index (χ3n) is 1.56. The van der Waals surface area contributed by atoms with Gasteiger partial charge in [-0.3, -0.25) is 9.78 Å². The maximum absolute atomic E-state index is 9.60. The lowest BCUT2D eigenvalue weighted by Gasteiger charge is -2.14. The Bertz CT molecular complexity index is 391. The largest absolute Gasteiger partial charge is 0.462 e. The Morgan fingerprint density at radius 2 is 2.12 bits per heavy atom. The van der Waals surface area contributed by atoms with Gasteiger partial charge in [0, 0.05) is 13.2 Å². The maximum atomic E-state index is 9.60. The van der Waals surface area contributed by atoms with E-state index in [0.717, 1.165) is 5.69 Å². The van der Waals surface area contributed by atoms with Gasteiger partial charge in [0.1, 0.15) is 11.7 Å². The zero-order chi connectivity index (χ0) is 13.3. The third kappa shape index (κ3) is 7.79. The van der Waals surface area contributed by atoms with E-state index in [2.05, 4.69) is 15.0 Å². The summed E-state index contributed by atoms with van der Waals surface area (Å²) in [4.78, 5) is 13.4. The van der Waals surface area contributed by atoms with Crippen molar-refractivity contribution in [2.75, 3.05) is 12.4 Å². The molecule has 1 heterocycles. The Morgan fingerprint density at radius 3 is 2.47 bits per heavy atom. The minimum atomic E-state index is -0.318. The number of hydrogen-bond acceptors (Lipinski definition) is 5. The van der Waals surface area contributed by atoms with Crippen molar-refractivity contribution in [3.05, 3.63) is 24.0 Å². The van der Waals surface area contributed by atoms with Gasteiger partial charge in [0.15, 0.2) is 0 Å². The zero-order valence-corrected chi connectivity index (χ0v) is 10.5. The van der Waals surface area contributed by atoms with Crippen molar-refractivity contribution >= 4 is 12.2 Å². The normalized spacial score (nSPS) is 9.35. The lowest BCUT2D eigenvalue weighted by molar-refractivity contribution is -0.138. The molecule has 0 aliphatic heterocycles. The number of nitrogens with zero attached hydrogens (tertiary/aromatic N) is 2. The van der Waals surface area contributed by atoms with Crippen molar-refractivity contribution in [2.45, 2.75) is 26.4 Å². The molecule has 0 aliphatic carbocycles. The van der Waals surface area contributed by atoms with Crippen molar-refractivity contribution in [3.63, 3.8) is 0 Å². The zero-order valence-electron chi connectivity index (χ0n) is 10.5. The highest BCUT2D eigenvalue weighted by Gasteiger charge is 2.07. The average molecular weight is 235 g/mol. The molecule has 0 aromatic carbocycles. The predicted molar refractivity (Wildman–Crippen MR) is 65.4 cm³/mol. The molecule has 0 unspecified atom stereocenters. The van der Waals surface area contributed by atoms with E-state index in [-0.39, 0.29) is 5.60 Å². The first-order valence-corrected chi connectivity index (χ1v) is 5.07. The minimum Gasteiger partial charge on any atom is -0.462 e. The lowest BCUT2D eigenvalue weighted by Crippen LogP contribution is -2.17. The van der Waals surface area contributed by atoms with E-state index in [4.69, 9.17) is 5.26 Å². The molecule has 0 spiro atoms. The van der Waals surface area contributed by atoms with Crippen LogP contribution in [0.25, 0.3) is 0 Å². The number of hydrogen-bond donors (Lipinski definition) is 1. The SMILES string of the molecule is CC(C)(C)OC=O.CNc1cncc(C#N)c1. The lowest BCUT2D eigenvalue weighted by atomic mass is 10.2. The topological polar surface area (TPSA) is 75.0 Å². The Kier molecular flexibility index (Phi) is 6.34. The van der Waals surface area contributed by atoms with E-state index < -0.39 is 0 Å². The molecular formula is C12H17N3O2. The summed E-state index contributed by atoms with van der Waals surface area (Å²) in [6.45, 7) is 5.92. The number of anilines is 1. The molecule has 0 saturated heterocycles. The fourth-order valence-electron chi connectivity index (χ4n) is 0.782. The summed E-state index contributed by atoms with van der Waals surface area (Å²) in [5.74, 6) is 0. The van der Waals surface area contributed by atoms with E-state index in [9.17, 15) is 4.79 Å². The molecule has 0 radical (unpaired) electrons. The van der Waals surface area contributed by atoms with E-state index in [1.54, 1.807) is 19.3 Å². The van der Waals surface area contributed by atoms with Crippen LogP contribution < -0.4 is 5.32 Å². The molecule has 92 valence electrons. The number of nitriles is 1. The highest BCUT2D eigenvalue weighted by atomic mass is 16.5. The maximum Gasteiger partial charge on any atom is 0.293 e. The fourth-order valence-corrected chi connectivity index (χ4v) is 0.782. The first-order chi connectivity index (χ1) is 7.92. The summed E-state index contributed by atoms with van der Waals surface area (Å²) >= 11 is 0. The third-order valence-corrected chi connectivity index (χ3v) is 1.56. The standard InChI is InChI=1S/C7H7N3.C5H10O2/c1-9-7-2-6(3-8)4-10-5-7;1-5(2,3)7-4-6/h2,4-5,9H,1H3;4H,1-3H3. The molecule has 1 aromatic rings. The molecule has 0 fully saturated rings.